The Labute approximate surface area is 119 Å². The predicted molar refractivity (Wildman–Crippen MR) is 76.1 cm³/mol. The van der Waals surface area contributed by atoms with Crippen LogP contribution in [0.5, 0.6) is 0 Å². The smallest absolute Gasteiger partial charge is 0.213 e. The minimum absolute atomic E-state index is 0.417. The van der Waals surface area contributed by atoms with Crippen molar-refractivity contribution in [1.82, 2.24) is 25.0 Å². The second-order valence-corrected chi connectivity index (χ2v) is 4.82. The Balaban J connectivity index is 2.14. The van der Waals surface area contributed by atoms with E-state index < -0.39 is 0 Å². The first-order valence-electron chi connectivity index (χ1n) is 5.61. The van der Waals surface area contributed by atoms with Gasteiger partial charge in [-0.05, 0) is 31.3 Å². The van der Waals surface area contributed by atoms with Gasteiger partial charge in [-0.2, -0.15) is 10.1 Å². The van der Waals surface area contributed by atoms with Crippen molar-refractivity contribution >= 4 is 23.8 Å². The van der Waals surface area contributed by atoms with E-state index in [-0.39, 0.29) is 0 Å². The lowest BCUT2D eigenvalue weighted by atomic mass is 10.2. The van der Waals surface area contributed by atoms with Gasteiger partial charge in [-0.3, -0.25) is 10.2 Å². The number of benzene rings is 1. The molecule has 5 nitrogen and oxygen atoms in total. The van der Waals surface area contributed by atoms with Crippen molar-refractivity contribution in [2.45, 2.75) is 6.92 Å². The van der Waals surface area contributed by atoms with Gasteiger partial charge in [0.2, 0.25) is 4.77 Å². The molecule has 2 aromatic heterocycles. The topological polar surface area (TPSA) is 62.3 Å². The van der Waals surface area contributed by atoms with Crippen molar-refractivity contribution in [3.8, 4) is 17.1 Å². The maximum absolute atomic E-state index is 6.18. The molecule has 19 heavy (non-hydrogen) atoms. The lowest BCUT2D eigenvalue weighted by Crippen LogP contribution is -1.99. The predicted octanol–water partition coefficient (Wildman–Crippen LogP) is 3.28. The molecule has 3 rings (SSSR count). The number of H-pyrrole nitrogens is 2. The molecule has 0 saturated heterocycles. The van der Waals surface area contributed by atoms with Gasteiger partial charge >= 0.3 is 0 Å². The number of nitrogens with zero attached hydrogens (tertiary/aromatic N) is 3. The monoisotopic (exact) mass is 291 g/mol. The summed E-state index contributed by atoms with van der Waals surface area (Å²) in [6.45, 7) is 1.96. The Morgan fingerprint density at radius 3 is 2.74 bits per heavy atom. The maximum atomic E-state index is 6.18. The third-order valence-electron chi connectivity index (χ3n) is 2.85. The van der Waals surface area contributed by atoms with E-state index in [1.165, 1.54) is 0 Å². The number of hydrogen-bond donors (Lipinski definition) is 2. The fraction of sp³-hybridized carbons (Fsp3) is 0.0833. The summed E-state index contributed by atoms with van der Waals surface area (Å²) in [6, 6.07) is 7.55. The van der Waals surface area contributed by atoms with Crippen LogP contribution in [0.15, 0.2) is 30.5 Å². The molecule has 0 amide bonds. The molecule has 0 aliphatic heterocycles. The number of aromatic nitrogens is 5. The van der Waals surface area contributed by atoms with E-state index in [2.05, 4.69) is 20.3 Å². The average Bonchev–Trinajstić information content (AvgIpc) is 2.97. The molecule has 0 saturated carbocycles. The normalized spacial score (nSPS) is 10.8. The highest BCUT2D eigenvalue weighted by Gasteiger charge is 2.13. The van der Waals surface area contributed by atoms with Gasteiger partial charge in [-0.1, -0.05) is 23.7 Å². The summed E-state index contributed by atoms with van der Waals surface area (Å²) in [7, 11) is 0. The van der Waals surface area contributed by atoms with Crippen molar-refractivity contribution in [3.63, 3.8) is 0 Å². The van der Waals surface area contributed by atoms with Crippen LogP contribution >= 0.6 is 23.8 Å². The number of halogens is 1. The van der Waals surface area contributed by atoms with Gasteiger partial charge in [0.1, 0.15) is 0 Å². The van der Waals surface area contributed by atoms with Crippen LogP contribution in [0.2, 0.25) is 5.02 Å². The third kappa shape index (κ3) is 2.09. The molecule has 0 radical (unpaired) electrons. The molecule has 3 aromatic rings. The van der Waals surface area contributed by atoms with Crippen LogP contribution < -0.4 is 0 Å². The van der Waals surface area contributed by atoms with Crippen LogP contribution in [-0.2, 0) is 0 Å². The molecule has 7 heteroatoms. The Hall–Kier alpha value is -1.92. The SMILES string of the molecule is Cc1c(-c2nc(=S)[nH][nH]2)cnn1-c1ccccc1Cl. The number of hydrogen-bond acceptors (Lipinski definition) is 3. The van der Waals surface area contributed by atoms with E-state index in [1.807, 2.05) is 31.2 Å². The van der Waals surface area contributed by atoms with Gasteiger partial charge in [-0.15, -0.1) is 0 Å². The van der Waals surface area contributed by atoms with Gasteiger partial charge in [0, 0.05) is 0 Å². The lowest BCUT2D eigenvalue weighted by Gasteiger charge is -2.06. The lowest BCUT2D eigenvalue weighted by molar-refractivity contribution is 0.847. The van der Waals surface area contributed by atoms with Gasteiger partial charge in [0.15, 0.2) is 5.82 Å². The van der Waals surface area contributed by atoms with Crippen molar-refractivity contribution in [3.05, 3.63) is 45.9 Å². The highest BCUT2D eigenvalue weighted by molar-refractivity contribution is 7.71. The molecule has 0 aliphatic carbocycles. The van der Waals surface area contributed by atoms with E-state index in [4.69, 9.17) is 23.8 Å². The highest BCUT2D eigenvalue weighted by Crippen LogP contribution is 2.25. The number of para-hydroxylation sites is 1. The van der Waals surface area contributed by atoms with Crippen LogP contribution in [0.1, 0.15) is 5.69 Å². The molecule has 0 atom stereocenters. The summed E-state index contributed by atoms with van der Waals surface area (Å²) in [4.78, 5) is 4.19. The Morgan fingerprint density at radius 2 is 2.05 bits per heavy atom. The van der Waals surface area contributed by atoms with Gasteiger partial charge in [-0.25, -0.2) is 4.68 Å². The molecule has 0 unspecified atom stereocenters. The zero-order valence-corrected chi connectivity index (χ0v) is 11.6. The standard InChI is InChI=1S/C12H10ClN5S/c1-7-8(11-15-12(19)17-16-11)6-14-18(7)10-5-3-2-4-9(10)13/h2-6H,1H3,(H2,15,16,17,19). The van der Waals surface area contributed by atoms with Crippen molar-refractivity contribution in [2.24, 2.45) is 0 Å². The first-order valence-corrected chi connectivity index (χ1v) is 6.40. The third-order valence-corrected chi connectivity index (χ3v) is 3.36. The van der Waals surface area contributed by atoms with Crippen LogP contribution in [-0.4, -0.2) is 25.0 Å². The molecular formula is C12H10ClN5S. The molecule has 0 aliphatic rings. The van der Waals surface area contributed by atoms with E-state index in [9.17, 15) is 0 Å². The summed E-state index contributed by atoms with van der Waals surface area (Å²) in [5, 5.41) is 10.7. The first-order chi connectivity index (χ1) is 9.16. The summed E-state index contributed by atoms with van der Waals surface area (Å²) >= 11 is 11.1. The summed E-state index contributed by atoms with van der Waals surface area (Å²) in [5.41, 5.74) is 2.65. The first kappa shape index (κ1) is 12.1. The number of rotatable bonds is 2. The van der Waals surface area contributed by atoms with Gasteiger partial charge in [0.25, 0.3) is 0 Å². The second kappa shape index (κ2) is 4.64. The highest BCUT2D eigenvalue weighted by atomic mass is 35.5. The minimum atomic E-state index is 0.417. The summed E-state index contributed by atoms with van der Waals surface area (Å²) < 4.78 is 2.20. The zero-order chi connectivity index (χ0) is 13.4. The van der Waals surface area contributed by atoms with E-state index in [1.54, 1.807) is 10.9 Å². The molecule has 96 valence electrons. The van der Waals surface area contributed by atoms with E-state index in [0.717, 1.165) is 16.9 Å². The quantitative estimate of drug-likeness (QED) is 0.712. The van der Waals surface area contributed by atoms with Crippen molar-refractivity contribution in [1.29, 1.82) is 0 Å². The fourth-order valence-corrected chi connectivity index (χ4v) is 2.26. The van der Waals surface area contributed by atoms with Gasteiger partial charge < -0.3 is 0 Å². The largest absolute Gasteiger partial charge is 0.282 e. The van der Waals surface area contributed by atoms with Crippen LogP contribution in [0.25, 0.3) is 17.1 Å². The van der Waals surface area contributed by atoms with Crippen LogP contribution in [0.4, 0.5) is 0 Å². The zero-order valence-electron chi connectivity index (χ0n) is 10.0. The second-order valence-electron chi connectivity index (χ2n) is 4.02. The van der Waals surface area contributed by atoms with E-state index >= 15 is 0 Å². The number of aromatic amines is 2. The molecule has 2 N–H and O–H groups in total. The molecule has 2 heterocycles. The Morgan fingerprint density at radius 1 is 1.26 bits per heavy atom. The maximum Gasteiger partial charge on any atom is 0.213 e. The van der Waals surface area contributed by atoms with E-state index in [0.29, 0.717) is 15.6 Å². The molecule has 0 bridgehead atoms. The summed E-state index contributed by atoms with van der Waals surface area (Å²) in [6.07, 6.45) is 1.74. The summed E-state index contributed by atoms with van der Waals surface area (Å²) in [5.74, 6) is 0.667. The van der Waals surface area contributed by atoms with Crippen molar-refractivity contribution in [2.75, 3.05) is 0 Å². The average molecular weight is 292 g/mol. The molecular weight excluding hydrogens is 282 g/mol. The van der Waals surface area contributed by atoms with Crippen LogP contribution in [0, 0.1) is 11.7 Å². The Kier molecular flexibility index (Phi) is 2.96. The molecule has 1 aromatic carbocycles. The van der Waals surface area contributed by atoms with Crippen molar-refractivity contribution < 1.29 is 0 Å². The minimum Gasteiger partial charge on any atom is -0.282 e. The fourth-order valence-electron chi connectivity index (χ4n) is 1.91. The molecule has 0 fully saturated rings. The number of nitrogens with one attached hydrogen (secondary N) is 2. The molecule has 0 spiro atoms. The van der Waals surface area contributed by atoms with Crippen LogP contribution in [0.3, 0.4) is 0 Å². The van der Waals surface area contributed by atoms with Gasteiger partial charge in [0.05, 0.1) is 28.2 Å². The Bertz CT molecular complexity index is 785.